The molecule has 0 aromatic heterocycles. The first-order valence-electron chi connectivity index (χ1n) is 9.57. The first kappa shape index (κ1) is 19.6. The molecule has 1 N–H and O–H groups in total. The number of carbonyl (C=O) groups excluding carboxylic acids is 1. The van der Waals surface area contributed by atoms with E-state index in [4.69, 9.17) is 9.47 Å². The lowest BCUT2D eigenvalue weighted by Crippen LogP contribution is -2.40. The summed E-state index contributed by atoms with van der Waals surface area (Å²) >= 11 is 0. The van der Waals surface area contributed by atoms with Crippen LogP contribution in [0.1, 0.15) is 39.5 Å². The third-order valence-corrected chi connectivity index (χ3v) is 4.59. The van der Waals surface area contributed by atoms with Crippen LogP contribution < -0.4 is 14.8 Å². The zero-order valence-corrected chi connectivity index (χ0v) is 15.6. The molecule has 1 fully saturated rings. The lowest BCUT2D eigenvalue weighted by molar-refractivity contribution is -0.132. The number of para-hydroxylation sites is 2. The van der Waals surface area contributed by atoms with Crippen molar-refractivity contribution in [3.05, 3.63) is 24.3 Å². The zero-order chi connectivity index (χ0) is 17.9. The summed E-state index contributed by atoms with van der Waals surface area (Å²) in [6, 6.07) is 7.67. The van der Waals surface area contributed by atoms with Crippen molar-refractivity contribution in [1.29, 1.82) is 0 Å². The van der Waals surface area contributed by atoms with Crippen molar-refractivity contribution in [1.82, 2.24) is 10.2 Å². The maximum atomic E-state index is 12.3. The fourth-order valence-electron chi connectivity index (χ4n) is 3.14. The van der Waals surface area contributed by atoms with Gasteiger partial charge in [0.1, 0.15) is 0 Å². The van der Waals surface area contributed by atoms with E-state index in [0.29, 0.717) is 25.6 Å². The van der Waals surface area contributed by atoms with Gasteiger partial charge in [0.2, 0.25) is 5.91 Å². The van der Waals surface area contributed by atoms with E-state index >= 15 is 0 Å². The summed E-state index contributed by atoms with van der Waals surface area (Å²) in [7, 11) is 0. The Morgan fingerprint density at radius 3 is 2.48 bits per heavy atom. The average molecular weight is 348 g/mol. The number of amides is 1. The summed E-state index contributed by atoms with van der Waals surface area (Å²) in [6.07, 6.45) is 3.50. The standard InChI is InChI=1S/C20H32N2O3/c1-3-21-16-17-11-13-22(14-12-17)20(23)10-7-15-25-19-9-6-5-8-18(19)24-4-2/h5-6,8-9,17,21H,3-4,7,10-16H2,1-2H3. The normalized spacial score (nSPS) is 15.2. The molecule has 0 bridgehead atoms. The maximum absolute atomic E-state index is 12.3. The minimum atomic E-state index is 0.253. The Bertz CT molecular complexity index is 513. The highest BCUT2D eigenvalue weighted by molar-refractivity contribution is 5.76. The van der Waals surface area contributed by atoms with Crippen molar-refractivity contribution < 1.29 is 14.3 Å². The smallest absolute Gasteiger partial charge is 0.222 e. The van der Waals surface area contributed by atoms with E-state index in [1.54, 1.807) is 0 Å². The van der Waals surface area contributed by atoms with E-state index in [2.05, 4.69) is 12.2 Å². The van der Waals surface area contributed by atoms with Crippen LogP contribution in [-0.2, 0) is 4.79 Å². The molecule has 1 aromatic carbocycles. The van der Waals surface area contributed by atoms with Gasteiger partial charge in [-0.3, -0.25) is 4.79 Å². The number of benzene rings is 1. The summed E-state index contributed by atoms with van der Waals surface area (Å²) < 4.78 is 11.3. The fourth-order valence-corrected chi connectivity index (χ4v) is 3.14. The van der Waals surface area contributed by atoms with Gasteiger partial charge >= 0.3 is 0 Å². The largest absolute Gasteiger partial charge is 0.490 e. The molecule has 0 aliphatic carbocycles. The summed E-state index contributed by atoms with van der Waals surface area (Å²) in [5.74, 6) is 2.48. The van der Waals surface area contributed by atoms with E-state index < -0.39 is 0 Å². The van der Waals surface area contributed by atoms with Crippen molar-refractivity contribution in [2.75, 3.05) is 39.4 Å². The SMILES string of the molecule is CCNCC1CCN(C(=O)CCCOc2ccccc2OCC)CC1. The molecule has 0 saturated carbocycles. The number of carbonyl (C=O) groups is 1. The molecule has 5 nitrogen and oxygen atoms in total. The lowest BCUT2D eigenvalue weighted by atomic mass is 9.96. The van der Waals surface area contributed by atoms with Crippen LogP contribution in [0.5, 0.6) is 11.5 Å². The molecule has 25 heavy (non-hydrogen) atoms. The Morgan fingerprint density at radius 2 is 1.84 bits per heavy atom. The second-order valence-electron chi connectivity index (χ2n) is 6.46. The number of hydrogen-bond acceptors (Lipinski definition) is 4. The molecule has 1 amide bonds. The minimum Gasteiger partial charge on any atom is -0.490 e. The van der Waals surface area contributed by atoms with Gasteiger partial charge in [0.05, 0.1) is 13.2 Å². The second kappa shape index (κ2) is 11.0. The molecule has 0 atom stereocenters. The quantitative estimate of drug-likeness (QED) is 0.660. The average Bonchev–Trinajstić information content (AvgIpc) is 2.65. The highest BCUT2D eigenvalue weighted by atomic mass is 16.5. The van der Waals surface area contributed by atoms with Gasteiger partial charge in [-0.1, -0.05) is 19.1 Å². The highest BCUT2D eigenvalue weighted by Gasteiger charge is 2.22. The van der Waals surface area contributed by atoms with Gasteiger partial charge in [-0.25, -0.2) is 0 Å². The van der Waals surface area contributed by atoms with Gasteiger partial charge < -0.3 is 19.7 Å². The number of rotatable bonds is 10. The van der Waals surface area contributed by atoms with Crippen LogP contribution in [0.3, 0.4) is 0 Å². The molecule has 1 aromatic rings. The zero-order valence-electron chi connectivity index (χ0n) is 15.6. The van der Waals surface area contributed by atoms with E-state index in [-0.39, 0.29) is 5.91 Å². The molecular weight excluding hydrogens is 316 g/mol. The molecule has 1 saturated heterocycles. The summed E-state index contributed by atoms with van der Waals surface area (Å²) in [5.41, 5.74) is 0. The van der Waals surface area contributed by atoms with E-state index in [9.17, 15) is 4.79 Å². The maximum Gasteiger partial charge on any atom is 0.222 e. The third-order valence-electron chi connectivity index (χ3n) is 4.59. The molecule has 0 unspecified atom stereocenters. The number of hydrogen-bond donors (Lipinski definition) is 1. The topological polar surface area (TPSA) is 50.8 Å². The summed E-state index contributed by atoms with van der Waals surface area (Å²) in [5, 5.41) is 3.40. The lowest BCUT2D eigenvalue weighted by Gasteiger charge is -2.32. The highest BCUT2D eigenvalue weighted by Crippen LogP contribution is 2.26. The Balaban J connectivity index is 1.64. The summed E-state index contributed by atoms with van der Waals surface area (Å²) in [6.45, 7) is 9.11. The van der Waals surface area contributed by atoms with Crippen LogP contribution >= 0.6 is 0 Å². The van der Waals surface area contributed by atoms with Crippen LogP contribution in [0.15, 0.2) is 24.3 Å². The second-order valence-corrected chi connectivity index (χ2v) is 6.46. The Morgan fingerprint density at radius 1 is 1.16 bits per heavy atom. The predicted octanol–water partition coefficient (Wildman–Crippen LogP) is 3.09. The van der Waals surface area contributed by atoms with E-state index in [1.807, 2.05) is 36.1 Å². The number of piperidine rings is 1. The first-order valence-corrected chi connectivity index (χ1v) is 9.57. The molecule has 0 radical (unpaired) electrons. The fraction of sp³-hybridized carbons (Fsp3) is 0.650. The van der Waals surface area contributed by atoms with Crippen molar-refractivity contribution in [3.63, 3.8) is 0 Å². The number of ether oxygens (including phenoxy) is 2. The van der Waals surface area contributed by atoms with Crippen molar-refractivity contribution in [2.45, 2.75) is 39.5 Å². The molecule has 5 heteroatoms. The van der Waals surface area contributed by atoms with Crippen LogP contribution in [0, 0.1) is 5.92 Å². The van der Waals surface area contributed by atoms with Crippen molar-refractivity contribution in [3.8, 4) is 11.5 Å². The molecule has 2 rings (SSSR count). The van der Waals surface area contributed by atoms with Crippen molar-refractivity contribution >= 4 is 5.91 Å². The molecule has 1 aliphatic heterocycles. The van der Waals surface area contributed by atoms with E-state index in [1.165, 1.54) is 0 Å². The molecule has 1 aliphatic rings. The van der Waals surface area contributed by atoms with Crippen LogP contribution in [0.2, 0.25) is 0 Å². The Labute approximate surface area is 151 Å². The summed E-state index contributed by atoms with van der Waals surface area (Å²) in [4.78, 5) is 14.3. The van der Waals surface area contributed by atoms with Gasteiger partial charge in [0.25, 0.3) is 0 Å². The number of nitrogens with one attached hydrogen (secondary N) is 1. The minimum absolute atomic E-state index is 0.253. The molecule has 140 valence electrons. The Kier molecular flexibility index (Phi) is 8.60. The predicted molar refractivity (Wildman–Crippen MR) is 100 cm³/mol. The number of nitrogens with zero attached hydrogens (tertiary/aromatic N) is 1. The molecule has 1 heterocycles. The van der Waals surface area contributed by atoms with Gasteiger partial charge in [0, 0.05) is 19.5 Å². The monoisotopic (exact) mass is 348 g/mol. The van der Waals surface area contributed by atoms with E-state index in [0.717, 1.165) is 56.9 Å². The number of likely N-dealkylation sites (tertiary alicyclic amines) is 1. The first-order chi connectivity index (χ1) is 12.2. The molecular formula is C20H32N2O3. The van der Waals surface area contributed by atoms with Crippen molar-refractivity contribution in [2.24, 2.45) is 5.92 Å². The van der Waals surface area contributed by atoms with Crippen LogP contribution in [0.25, 0.3) is 0 Å². The third kappa shape index (κ3) is 6.58. The van der Waals surface area contributed by atoms with Gasteiger partial charge in [-0.05, 0) is 57.3 Å². The van der Waals surface area contributed by atoms with Gasteiger partial charge in [0.15, 0.2) is 11.5 Å². The molecule has 0 spiro atoms. The van der Waals surface area contributed by atoms with Crippen LogP contribution in [0.4, 0.5) is 0 Å². The Hall–Kier alpha value is -1.75. The van der Waals surface area contributed by atoms with Crippen LogP contribution in [-0.4, -0.2) is 50.2 Å². The van der Waals surface area contributed by atoms with Gasteiger partial charge in [-0.2, -0.15) is 0 Å². The van der Waals surface area contributed by atoms with Gasteiger partial charge in [-0.15, -0.1) is 0 Å².